The Morgan fingerprint density at radius 3 is 2.83 bits per heavy atom. The van der Waals surface area contributed by atoms with Crippen molar-refractivity contribution in [1.29, 1.82) is 0 Å². The SMILES string of the molecule is COc1cncc(C(=O)c2snnc2C(C)C)c1. The van der Waals surface area contributed by atoms with Crippen LogP contribution in [0.2, 0.25) is 0 Å². The summed E-state index contributed by atoms with van der Waals surface area (Å²) in [5.74, 6) is 0.616. The van der Waals surface area contributed by atoms with Crippen molar-refractivity contribution in [1.82, 2.24) is 14.6 Å². The summed E-state index contributed by atoms with van der Waals surface area (Å²) in [4.78, 5) is 16.9. The van der Waals surface area contributed by atoms with Crippen molar-refractivity contribution in [2.75, 3.05) is 7.11 Å². The molecule has 0 aliphatic rings. The van der Waals surface area contributed by atoms with Gasteiger partial charge in [0.25, 0.3) is 0 Å². The Bertz CT molecular complexity index is 566. The van der Waals surface area contributed by atoms with Crippen molar-refractivity contribution in [3.05, 3.63) is 34.6 Å². The smallest absolute Gasteiger partial charge is 0.208 e. The zero-order valence-corrected chi connectivity index (χ0v) is 11.2. The number of carbonyl (C=O) groups excluding carboxylic acids is 1. The highest BCUT2D eigenvalue weighted by atomic mass is 32.1. The van der Waals surface area contributed by atoms with Crippen LogP contribution in [0.1, 0.15) is 40.7 Å². The average molecular weight is 263 g/mol. The minimum atomic E-state index is -0.111. The number of hydrogen-bond acceptors (Lipinski definition) is 6. The average Bonchev–Trinajstić information content (AvgIpc) is 2.87. The van der Waals surface area contributed by atoms with E-state index in [9.17, 15) is 4.79 Å². The summed E-state index contributed by atoms with van der Waals surface area (Å²) in [6, 6.07) is 1.67. The molecular formula is C12H13N3O2S. The van der Waals surface area contributed by atoms with E-state index in [1.165, 1.54) is 6.20 Å². The number of ether oxygens (including phenoxy) is 1. The second-order valence-corrected chi connectivity index (χ2v) is 4.84. The van der Waals surface area contributed by atoms with Gasteiger partial charge in [-0.1, -0.05) is 18.3 Å². The van der Waals surface area contributed by atoms with Gasteiger partial charge < -0.3 is 4.74 Å². The lowest BCUT2D eigenvalue weighted by molar-refractivity contribution is 0.104. The van der Waals surface area contributed by atoms with Gasteiger partial charge in [-0.25, -0.2) is 0 Å². The third kappa shape index (κ3) is 2.38. The molecule has 0 saturated carbocycles. The lowest BCUT2D eigenvalue weighted by Gasteiger charge is -2.04. The number of rotatable bonds is 4. The molecule has 5 nitrogen and oxygen atoms in total. The van der Waals surface area contributed by atoms with Gasteiger partial charge >= 0.3 is 0 Å². The van der Waals surface area contributed by atoms with Gasteiger partial charge in [0.1, 0.15) is 10.6 Å². The second-order valence-electron chi connectivity index (χ2n) is 4.08. The van der Waals surface area contributed by atoms with Crippen LogP contribution in [0.4, 0.5) is 0 Å². The van der Waals surface area contributed by atoms with Crippen LogP contribution < -0.4 is 4.74 Å². The van der Waals surface area contributed by atoms with Gasteiger partial charge in [0, 0.05) is 11.8 Å². The predicted octanol–water partition coefficient (Wildman–Crippen LogP) is 2.30. The van der Waals surface area contributed by atoms with Crippen molar-refractivity contribution in [2.45, 2.75) is 19.8 Å². The van der Waals surface area contributed by atoms with Gasteiger partial charge in [0.2, 0.25) is 5.78 Å². The van der Waals surface area contributed by atoms with Crippen LogP contribution in [-0.2, 0) is 0 Å². The molecule has 0 N–H and O–H groups in total. The summed E-state index contributed by atoms with van der Waals surface area (Å²) in [5, 5.41) is 4.00. The summed E-state index contributed by atoms with van der Waals surface area (Å²) in [6.45, 7) is 3.97. The number of pyridine rings is 1. The number of aromatic nitrogens is 3. The first-order valence-electron chi connectivity index (χ1n) is 5.49. The first-order chi connectivity index (χ1) is 8.63. The molecule has 2 aromatic rings. The molecule has 6 heteroatoms. The first-order valence-corrected chi connectivity index (χ1v) is 6.26. The Morgan fingerprint density at radius 2 is 2.17 bits per heavy atom. The molecular weight excluding hydrogens is 250 g/mol. The molecule has 0 spiro atoms. The van der Waals surface area contributed by atoms with Crippen LogP contribution in [0, 0.1) is 0 Å². The molecule has 0 unspecified atom stereocenters. The third-order valence-electron chi connectivity index (χ3n) is 2.48. The van der Waals surface area contributed by atoms with Gasteiger partial charge in [-0.15, -0.1) is 5.10 Å². The Hall–Kier alpha value is -1.82. The lowest BCUT2D eigenvalue weighted by Crippen LogP contribution is -2.05. The van der Waals surface area contributed by atoms with Gasteiger partial charge in [-0.2, -0.15) is 0 Å². The summed E-state index contributed by atoms with van der Waals surface area (Å²) in [7, 11) is 1.54. The van der Waals surface area contributed by atoms with E-state index in [4.69, 9.17) is 4.74 Å². The molecule has 2 heterocycles. The van der Waals surface area contributed by atoms with Gasteiger partial charge in [-0.05, 0) is 23.5 Å². The number of carbonyl (C=O) groups is 1. The largest absolute Gasteiger partial charge is 0.495 e. The summed E-state index contributed by atoms with van der Waals surface area (Å²) in [6.07, 6.45) is 3.08. The minimum Gasteiger partial charge on any atom is -0.495 e. The quantitative estimate of drug-likeness (QED) is 0.792. The highest BCUT2D eigenvalue weighted by molar-refractivity contribution is 7.08. The Balaban J connectivity index is 2.38. The van der Waals surface area contributed by atoms with Crippen LogP contribution >= 0.6 is 11.5 Å². The maximum Gasteiger partial charge on any atom is 0.208 e. The van der Waals surface area contributed by atoms with Crippen LogP contribution in [0.25, 0.3) is 0 Å². The molecule has 18 heavy (non-hydrogen) atoms. The van der Waals surface area contributed by atoms with E-state index in [1.54, 1.807) is 19.4 Å². The van der Waals surface area contributed by atoms with Crippen LogP contribution in [0.3, 0.4) is 0 Å². The Labute approximate surface area is 109 Å². The fourth-order valence-corrected chi connectivity index (χ4v) is 2.30. The molecule has 0 bridgehead atoms. The number of ketones is 1. The van der Waals surface area contributed by atoms with Gasteiger partial charge in [0.05, 0.1) is 19.0 Å². The van der Waals surface area contributed by atoms with Gasteiger partial charge in [-0.3, -0.25) is 9.78 Å². The highest BCUT2D eigenvalue weighted by Crippen LogP contribution is 2.23. The van der Waals surface area contributed by atoms with E-state index in [2.05, 4.69) is 14.6 Å². The van der Waals surface area contributed by atoms with E-state index in [1.807, 2.05) is 13.8 Å². The number of hydrogen-bond donors (Lipinski definition) is 0. The van der Waals surface area contributed by atoms with Crippen molar-refractivity contribution >= 4 is 17.3 Å². The molecule has 0 aromatic carbocycles. The maximum atomic E-state index is 12.3. The molecule has 0 saturated heterocycles. The normalized spacial score (nSPS) is 10.7. The zero-order valence-electron chi connectivity index (χ0n) is 10.4. The van der Waals surface area contributed by atoms with E-state index < -0.39 is 0 Å². The highest BCUT2D eigenvalue weighted by Gasteiger charge is 2.20. The molecule has 2 rings (SSSR count). The minimum absolute atomic E-state index is 0.111. The van der Waals surface area contributed by atoms with Crippen LogP contribution in [0.5, 0.6) is 5.75 Å². The third-order valence-corrected chi connectivity index (χ3v) is 3.22. The van der Waals surface area contributed by atoms with Gasteiger partial charge in [0.15, 0.2) is 0 Å². The second kappa shape index (κ2) is 5.22. The Kier molecular flexibility index (Phi) is 3.66. The van der Waals surface area contributed by atoms with Crippen molar-refractivity contribution < 1.29 is 9.53 Å². The van der Waals surface area contributed by atoms with E-state index in [0.29, 0.717) is 16.2 Å². The van der Waals surface area contributed by atoms with E-state index in [0.717, 1.165) is 17.2 Å². The molecule has 94 valence electrons. The van der Waals surface area contributed by atoms with Crippen LogP contribution in [0.15, 0.2) is 18.5 Å². The summed E-state index contributed by atoms with van der Waals surface area (Å²) < 4.78 is 8.91. The number of nitrogens with zero attached hydrogens (tertiary/aromatic N) is 3. The summed E-state index contributed by atoms with van der Waals surface area (Å²) in [5.41, 5.74) is 1.22. The first kappa shape index (κ1) is 12.6. The topological polar surface area (TPSA) is 65.0 Å². The zero-order chi connectivity index (χ0) is 13.1. The van der Waals surface area contributed by atoms with Crippen molar-refractivity contribution in [3.63, 3.8) is 0 Å². The van der Waals surface area contributed by atoms with E-state index >= 15 is 0 Å². The number of methoxy groups -OCH3 is 1. The summed E-state index contributed by atoms with van der Waals surface area (Å²) >= 11 is 1.12. The monoisotopic (exact) mass is 263 g/mol. The molecule has 2 aromatic heterocycles. The molecule has 0 amide bonds. The molecule has 0 aliphatic heterocycles. The molecule has 0 atom stereocenters. The van der Waals surface area contributed by atoms with Crippen LogP contribution in [-0.4, -0.2) is 27.5 Å². The predicted molar refractivity (Wildman–Crippen MR) is 68.2 cm³/mol. The lowest BCUT2D eigenvalue weighted by atomic mass is 10.0. The fraction of sp³-hybridized carbons (Fsp3) is 0.333. The standard InChI is InChI=1S/C12H13N3O2S/c1-7(2)10-12(18-15-14-10)11(16)8-4-9(17-3)6-13-5-8/h4-7H,1-3H3. The Morgan fingerprint density at radius 1 is 1.39 bits per heavy atom. The van der Waals surface area contributed by atoms with Crippen molar-refractivity contribution in [3.8, 4) is 5.75 Å². The maximum absolute atomic E-state index is 12.3. The molecule has 0 radical (unpaired) electrons. The fourth-order valence-electron chi connectivity index (χ4n) is 1.52. The van der Waals surface area contributed by atoms with Crippen molar-refractivity contribution in [2.24, 2.45) is 0 Å². The molecule has 0 fully saturated rings. The molecule has 0 aliphatic carbocycles. The van der Waals surface area contributed by atoms with E-state index in [-0.39, 0.29) is 11.7 Å².